The van der Waals surface area contributed by atoms with Gasteiger partial charge < -0.3 is 4.74 Å². The summed E-state index contributed by atoms with van der Waals surface area (Å²) in [6.45, 7) is 5.38. The molecule has 2 atom stereocenters. The number of benzene rings is 1. The van der Waals surface area contributed by atoms with E-state index in [2.05, 4.69) is 38.1 Å². The van der Waals surface area contributed by atoms with E-state index in [1.54, 1.807) is 0 Å². The van der Waals surface area contributed by atoms with Gasteiger partial charge in [-0.15, -0.1) is 0 Å². The maximum absolute atomic E-state index is 6.09. The monoisotopic (exact) mass is 274 g/mol. The highest BCUT2D eigenvalue weighted by Crippen LogP contribution is 2.32. The molecule has 1 fully saturated rings. The van der Waals surface area contributed by atoms with Gasteiger partial charge in [0, 0.05) is 0 Å². The summed E-state index contributed by atoms with van der Waals surface area (Å²) < 4.78 is 6.09. The first kappa shape index (κ1) is 15.6. The molecule has 1 heteroatoms. The Balaban J connectivity index is 1.66. The number of ether oxygens (including phenoxy) is 1. The van der Waals surface area contributed by atoms with Crippen molar-refractivity contribution in [3.8, 4) is 0 Å². The molecule has 2 unspecified atom stereocenters. The van der Waals surface area contributed by atoms with Crippen molar-refractivity contribution in [2.24, 2.45) is 5.92 Å². The molecule has 1 aromatic rings. The lowest BCUT2D eigenvalue weighted by Gasteiger charge is -2.29. The van der Waals surface area contributed by atoms with Crippen molar-refractivity contribution in [3.63, 3.8) is 0 Å². The largest absolute Gasteiger partial charge is 0.373 e. The first-order valence-corrected chi connectivity index (χ1v) is 8.47. The van der Waals surface area contributed by atoms with Gasteiger partial charge in [-0.1, -0.05) is 68.9 Å². The Morgan fingerprint density at radius 2 is 1.75 bits per heavy atom. The zero-order valence-electron chi connectivity index (χ0n) is 13.2. The Hall–Kier alpha value is -0.820. The normalized spacial score (nSPS) is 22.9. The quantitative estimate of drug-likeness (QED) is 0.569. The van der Waals surface area contributed by atoms with Crippen molar-refractivity contribution in [2.75, 3.05) is 6.61 Å². The van der Waals surface area contributed by atoms with Gasteiger partial charge in [-0.2, -0.15) is 0 Å². The summed E-state index contributed by atoms with van der Waals surface area (Å²) in [5.41, 5.74) is 2.69. The van der Waals surface area contributed by atoms with Crippen LogP contribution in [0.5, 0.6) is 0 Å². The van der Waals surface area contributed by atoms with E-state index in [0.717, 1.165) is 12.5 Å². The van der Waals surface area contributed by atoms with E-state index >= 15 is 0 Å². The topological polar surface area (TPSA) is 9.23 Å². The Kier molecular flexibility index (Phi) is 6.59. The fraction of sp³-hybridized carbons (Fsp3) is 0.684. The molecular weight excluding hydrogens is 244 g/mol. The summed E-state index contributed by atoms with van der Waals surface area (Å²) in [6.07, 6.45) is 11.2. The van der Waals surface area contributed by atoms with Gasteiger partial charge in [0.05, 0.1) is 12.7 Å². The van der Waals surface area contributed by atoms with Gasteiger partial charge in [-0.05, 0) is 37.7 Å². The second-order valence-corrected chi connectivity index (χ2v) is 6.38. The lowest BCUT2D eigenvalue weighted by atomic mass is 9.90. The molecular formula is C19H30O. The minimum atomic E-state index is 0.340. The van der Waals surface area contributed by atoms with E-state index < -0.39 is 0 Å². The smallest absolute Gasteiger partial charge is 0.0825 e. The summed E-state index contributed by atoms with van der Waals surface area (Å²) in [7, 11) is 0. The lowest BCUT2D eigenvalue weighted by Crippen LogP contribution is -2.20. The molecule has 1 nitrogen and oxygen atoms in total. The van der Waals surface area contributed by atoms with Crippen LogP contribution in [0.3, 0.4) is 0 Å². The van der Waals surface area contributed by atoms with Gasteiger partial charge in [-0.25, -0.2) is 0 Å². The fourth-order valence-electron chi connectivity index (χ4n) is 3.11. The van der Waals surface area contributed by atoms with Crippen LogP contribution in [-0.2, 0) is 4.74 Å². The molecule has 0 spiro atoms. The summed E-state index contributed by atoms with van der Waals surface area (Å²) in [5, 5.41) is 0. The number of aryl methyl sites for hydroxylation is 1. The predicted molar refractivity (Wildman–Crippen MR) is 86.0 cm³/mol. The van der Waals surface area contributed by atoms with Gasteiger partial charge in [0.1, 0.15) is 0 Å². The molecule has 1 heterocycles. The van der Waals surface area contributed by atoms with Crippen molar-refractivity contribution >= 4 is 0 Å². The summed E-state index contributed by atoms with van der Waals surface area (Å²) in [5.74, 6) is 0.804. The second kappa shape index (κ2) is 8.46. The third-order valence-electron chi connectivity index (χ3n) is 4.54. The molecule has 0 N–H and O–H groups in total. The molecule has 2 rings (SSSR count). The second-order valence-electron chi connectivity index (χ2n) is 6.38. The lowest BCUT2D eigenvalue weighted by molar-refractivity contribution is -0.0199. The number of unbranched alkanes of at least 4 members (excludes halogenated alkanes) is 4. The Bertz CT molecular complexity index is 360. The van der Waals surface area contributed by atoms with Crippen molar-refractivity contribution < 1.29 is 4.74 Å². The predicted octanol–water partition coefficient (Wildman–Crippen LogP) is 5.82. The molecule has 1 aromatic carbocycles. The Labute approximate surface area is 124 Å². The van der Waals surface area contributed by atoms with Gasteiger partial charge in [0.2, 0.25) is 0 Å². The molecule has 0 saturated carbocycles. The van der Waals surface area contributed by atoms with Crippen LogP contribution in [0, 0.1) is 12.8 Å². The number of hydrogen-bond acceptors (Lipinski definition) is 1. The van der Waals surface area contributed by atoms with Gasteiger partial charge in [-0.3, -0.25) is 0 Å². The molecule has 0 radical (unpaired) electrons. The Morgan fingerprint density at radius 1 is 1.00 bits per heavy atom. The van der Waals surface area contributed by atoms with E-state index in [9.17, 15) is 0 Å². The van der Waals surface area contributed by atoms with Crippen LogP contribution in [0.15, 0.2) is 24.3 Å². The van der Waals surface area contributed by atoms with Crippen LogP contribution in [0.1, 0.15) is 75.5 Å². The molecule has 112 valence electrons. The van der Waals surface area contributed by atoms with Crippen molar-refractivity contribution in [1.29, 1.82) is 0 Å². The molecule has 1 aliphatic rings. The third-order valence-corrected chi connectivity index (χ3v) is 4.54. The average molecular weight is 274 g/mol. The van der Waals surface area contributed by atoms with E-state index in [0.29, 0.717) is 6.10 Å². The van der Waals surface area contributed by atoms with Crippen molar-refractivity contribution in [3.05, 3.63) is 35.4 Å². The fourth-order valence-corrected chi connectivity index (χ4v) is 3.11. The van der Waals surface area contributed by atoms with Crippen LogP contribution < -0.4 is 0 Å². The summed E-state index contributed by atoms with van der Waals surface area (Å²) in [4.78, 5) is 0. The number of hydrogen-bond donors (Lipinski definition) is 0. The minimum Gasteiger partial charge on any atom is -0.373 e. The van der Waals surface area contributed by atoms with Crippen LogP contribution in [0.25, 0.3) is 0 Å². The molecule has 20 heavy (non-hydrogen) atoms. The molecule has 1 aliphatic heterocycles. The third kappa shape index (κ3) is 4.94. The zero-order valence-corrected chi connectivity index (χ0v) is 13.2. The molecule has 0 bridgehead atoms. The van der Waals surface area contributed by atoms with Gasteiger partial charge >= 0.3 is 0 Å². The minimum absolute atomic E-state index is 0.340. The van der Waals surface area contributed by atoms with E-state index in [1.807, 2.05) is 0 Å². The van der Waals surface area contributed by atoms with Gasteiger partial charge in [0.25, 0.3) is 0 Å². The highest BCUT2D eigenvalue weighted by Gasteiger charge is 2.22. The molecule has 0 aliphatic carbocycles. The molecule has 0 amide bonds. The summed E-state index contributed by atoms with van der Waals surface area (Å²) in [6, 6.07) is 8.84. The maximum Gasteiger partial charge on any atom is 0.0825 e. The van der Waals surface area contributed by atoms with E-state index in [-0.39, 0.29) is 0 Å². The van der Waals surface area contributed by atoms with Gasteiger partial charge in [0.15, 0.2) is 0 Å². The van der Waals surface area contributed by atoms with Crippen molar-refractivity contribution in [2.45, 2.75) is 71.3 Å². The first-order chi connectivity index (χ1) is 9.79. The van der Waals surface area contributed by atoms with E-state index in [4.69, 9.17) is 4.74 Å². The van der Waals surface area contributed by atoms with Crippen LogP contribution in [0.4, 0.5) is 0 Å². The highest BCUT2D eigenvalue weighted by molar-refractivity contribution is 5.23. The first-order valence-electron chi connectivity index (χ1n) is 8.47. The zero-order chi connectivity index (χ0) is 14.2. The SMILES string of the molecule is CCCCCCCC1CCC(c2ccc(C)cc2)OC1. The van der Waals surface area contributed by atoms with Crippen molar-refractivity contribution in [1.82, 2.24) is 0 Å². The maximum atomic E-state index is 6.09. The van der Waals surface area contributed by atoms with E-state index in [1.165, 1.54) is 62.5 Å². The number of rotatable bonds is 7. The average Bonchev–Trinajstić information content (AvgIpc) is 2.49. The van der Waals surface area contributed by atoms with Crippen LogP contribution >= 0.6 is 0 Å². The van der Waals surface area contributed by atoms with Crippen LogP contribution in [-0.4, -0.2) is 6.61 Å². The molecule has 1 saturated heterocycles. The summed E-state index contributed by atoms with van der Waals surface area (Å²) >= 11 is 0. The highest BCUT2D eigenvalue weighted by atomic mass is 16.5. The van der Waals surface area contributed by atoms with Crippen LogP contribution in [0.2, 0.25) is 0 Å². The Morgan fingerprint density at radius 3 is 2.40 bits per heavy atom. The standard InChI is InChI=1S/C19H30O/c1-3-4-5-6-7-8-17-11-14-19(20-15-17)18-12-9-16(2)10-13-18/h9-10,12-13,17,19H,3-8,11,14-15H2,1-2H3. The molecule has 0 aromatic heterocycles.